The van der Waals surface area contributed by atoms with Crippen molar-refractivity contribution in [2.24, 2.45) is 5.92 Å². The summed E-state index contributed by atoms with van der Waals surface area (Å²) in [7, 11) is 1.38. The minimum atomic E-state index is -1.46. The highest BCUT2D eigenvalue weighted by Gasteiger charge is 2.48. The van der Waals surface area contributed by atoms with Crippen molar-refractivity contribution in [2.75, 3.05) is 13.7 Å². The summed E-state index contributed by atoms with van der Waals surface area (Å²) in [6, 6.07) is -0.943. The van der Waals surface area contributed by atoms with Crippen LogP contribution in [0.2, 0.25) is 0 Å². The number of aliphatic hydroxyl groups excluding tert-OH is 2. The summed E-state index contributed by atoms with van der Waals surface area (Å²) >= 11 is 0. The summed E-state index contributed by atoms with van der Waals surface area (Å²) in [5.74, 6) is -0.0266. The maximum atomic E-state index is 12.4. The van der Waals surface area contributed by atoms with Crippen molar-refractivity contribution in [1.29, 1.82) is 0 Å². The zero-order valence-corrected chi connectivity index (χ0v) is 19.8. The second-order valence-electron chi connectivity index (χ2n) is 8.93. The molecule has 4 N–H and O–H groups in total. The molecular formula is C23H44N2O6. The molecule has 2 amide bonds. The number of hydrogen-bond donors (Lipinski definition) is 4. The van der Waals surface area contributed by atoms with Crippen LogP contribution in [0.1, 0.15) is 85.0 Å². The number of methoxy groups -OCH3 is 1. The van der Waals surface area contributed by atoms with Crippen LogP contribution in [0.5, 0.6) is 0 Å². The molecule has 0 aromatic rings. The fourth-order valence-electron chi connectivity index (χ4n) is 3.75. The Kier molecular flexibility index (Phi) is 14.0. The number of unbranched alkanes of at least 4 members (excludes halogenated alkanes) is 6. The van der Waals surface area contributed by atoms with Gasteiger partial charge in [0.1, 0.15) is 18.2 Å². The van der Waals surface area contributed by atoms with Gasteiger partial charge in [-0.1, -0.05) is 65.7 Å². The first-order valence-electron chi connectivity index (χ1n) is 11.9. The lowest BCUT2D eigenvalue weighted by Crippen LogP contribution is -2.66. The summed E-state index contributed by atoms with van der Waals surface area (Å²) in [5.41, 5.74) is 0. The molecule has 0 aromatic heterocycles. The van der Waals surface area contributed by atoms with Gasteiger partial charge in [-0.25, -0.2) is 0 Å². The van der Waals surface area contributed by atoms with Crippen LogP contribution in [0.15, 0.2) is 0 Å². The second-order valence-corrected chi connectivity index (χ2v) is 8.93. The molecule has 31 heavy (non-hydrogen) atoms. The molecule has 8 heteroatoms. The van der Waals surface area contributed by atoms with Crippen LogP contribution < -0.4 is 10.6 Å². The van der Waals surface area contributed by atoms with E-state index in [4.69, 9.17) is 9.47 Å². The average Bonchev–Trinajstić information content (AvgIpc) is 2.73. The highest BCUT2D eigenvalue weighted by Crippen LogP contribution is 2.22. The van der Waals surface area contributed by atoms with E-state index in [2.05, 4.69) is 31.4 Å². The van der Waals surface area contributed by atoms with Gasteiger partial charge in [0.15, 0.2) is 12.4 Å². The number of rotatable bonds is 15. The monoisotopic (exact) mass is 444 g/mol. The van der Waals surface area contributed by atoms with E-state index in [-0.39, 0.29) is 5.91 Å². The number of carbonyl (C=O) groups is 2. The van der Waals surface area contributed by atoms with Crippen molar-refractivity contribution >= 4 is 11.8 Å². The molecule has 1 rings (SSSR count). The molecule has 5 atom stereocenters. The smallest absolute Gasteiger partial charge is 0.252 e. The largest absolute Gasteiger partial charge is 0.388 e. The molecule has 1 heterocycles. The van der Waals surface area contributed by atoms with Gasteiger partial charge in [0.2, 0.25) is 5.91 Å². The van der Waals surface area contributed by atoms with E-state index in [0.717, 1.165) is 51.4 Å². The van der Waals surface area contributed by atoms with Gasteiger partial charge in [0.25, 0.3) is 5.91 Å². The number of carbonyl (C=O) groups excluding carboxylic acids is 2. The van der Waals surface area contributed by atoms with Gasteiger partial charge in [-0.05, 0) is 18.8 Å². The molecule has 0 aromatic carbocycles. The predicted molar refractivity (Wildman–Crippen MR) is 119 cm³/mol. The first kappa shape index (κ1) is 27.8. The Morgan fingerprint density at radius 2 is 1.68 bits per heavy atom. The molecule has 1 aliphatic heterocycles. The van der Waals surface area contributed by atoms with Crippen molar-refractivity contribution in [3.05, 3.63) is 0 Å². The molecule has 1 aliphatic rings. The van der Waals surface area contributed by atoms with Crippen LogP contribution in [-0.2, 0) is 19.1 Å². The third kappa shape index (κ3) is 10.3. The van der Waals surface area contributed by atoms with Crippen molar-refractivity contribution in [1.82, 2.24) is 10.6 Å². The average molecular weight is 445 g/mol. The van der Waals surface area contributed by atoms with Crippen LogP contribution in [-0.4, -0.2) is 66.3 Å². The molecule has 0 radical (unpaired) electrons. The summed E-state index contributed by atoms with van der Waals surface area (Å²) in [6.07, 6.45) is 4.47. The third-order valence-electron chi connectivity index (χ3n) is 5.69. The van der Waals surface area contributed by atoms with Crippen LogP contribution in [0.4, 0.5) is 0 Å². The Bertz CT molecular complexity index is 514. The first-order valence-corrected chi connectivity index (χ1v) is 11.9. The van der Waals surface area contributed by atoms with E-state index in [1.54, 1.807) is 0 Å². The molecule has 0 spiro atoms. The van der Waals surface area contributed by atoms with Crippen molar-refractivity contribution in [2.45, 2.75) is 116 Å². The fraction of sp³-hybridized carbons (Fsp3) is 0.913. The summed E-state index contributed by atoms with van der Waals surface area (Å²) in [5, 5.41) is 26.4. The van der Waals surface area contributed by atoms with Gasteiger partial charge in [-0.2, -0.15) is 0 Å². The Morgan fingerprint density at radius 1 is 1.00 bits per heavy atom. The lowest BCUT2D eigenvalue weighted by Gasteiger charge is -2.41. The summed E-state index contributed by atoms with van der Waals surface area (Å²) in [4.78, 5) is 24.7. The van der Waals surface area contributed by atoms with Gasteiger partial charge in [0, 0.05) is 20.1 Å². The van der Waals surface area contributed by atoms with Gasteiger partial charge in [-0.3, -0.25) is 9.59 Å². The van der Waals surface area contributed by atoms with Crippen molar-refractivity contribution < 1.29 is 29.3 Å². The normalized spacial score (nSPS) is 26.1. The number of hydrogen-bond acceptors (Lipinski definition) is 6. The molecule has 5 unspecified atom stereocenters. The van der Waals surface area contributed by atoms with E-state index < -0.39 is 36.6 Å². The number of nitrogens with one attached hydrogen (secondary N) is 2. The number of amides is 2. The molecule has 0 aliphatic carbocycles. The Labute approximate surface area is 187 Å². The molecule has 0 bridgehead atoms. The van der Waals surface area contributed by atoms with Crippen LogP contribution in [0, 0.1) is 5.92 Å². The molecule has 182 valence electrons. The second kappa shape index (κ2) is 15.6. The van der Waals surface area contributed by atoms with E-state index >= 15 is 0 Å². The summed E-state index contributed by atoms with van der Waals surface area (Å²) < 4.78 is 10.8. The Balaban J connectivity index is 2.46. The molecule has 1 fully saturated rings. The number of ether oxygens (including phenoxy) is 2. The predicted octanol–water partition coefficient (Wildman–Crippen LogP) is 2.26. The van der Waals surface area contributed by atoms with E-state index in [9.17, 15) is 19.8 Å². The zero-order chi connectivity index (χ0) is 23.2. The van der Waals surface area contributed by atoms with Gasteiger partial charge in [0.05, 0.1) is 0 Å². The SMILES string of the molecule is CCCCCCNC(=O)C1OC(OC)C(NC(=O)CCCCCCC(C)C)C(O)C1O. The molecule has 1 saturated heterocycles. The Morgan fingerprint density at radius 3 is 2.32 bits per heavy atom. The highest BCUT2D eigenvalue weighted by atomic mass is 16.7. The third-order valence-corrected chi connectivity index (χ3v) is 5.69. The molecule has 0 saturated carbocycles. The minimum absolute atomic E-state index is 0.232. The summed E-state index contributed by atoms with van der Waals surface area (Å²) in [6.45, 7) is 7.00. The van der Waals surface area contributed by atoms with Gasteiger partial charge >= 0.3 is 0 Å². The zero-order valence-electron chi connectivity index (χ0n) is 19.8. The van der Waals surface area contributed by atoms with E-state index in [1.807, 2.05) is 0 Å². The Hall–Kier alpha value is -1.22. The maximum absolute atomic E-state index is 12.4. The lowest BCUT2D eigenvalue weighted by molar-refractivity contribution is -0.252. The standard InChI is InChI=1S/C23H44N2O6/c1-5-6-7-12-15-24-22(29)21-20(28)19(27)18(23(30-4)31-21)25-17(26)14-11-9-8-10-13-16(2)3/h16,18-21,23,27-28H,5-15H2,1-4H3,(H,24,29)(H,25,26). The van der Waals surface area contributed by atoms with E-state index in [0.29, 0.717) is 18.9 Å². The van der Waals surface area contributed by atoms with Crippen LogP contribution in [0.25, 0.3) is 0 Å². The molecular weight excluding hydrogens is 400 g/mol. The van der Waals surface area contributed by atoms with Crippen LogP contribution in [0.3, 0.4) is 0 Å². The van der Waals surface area contributed by atoms with Crippen molar-refractivity contribution in [3.8, 4) is 0 Å². The molecule has 8 nitrogen and oxygen atoms in total. The van der Waals surface area contributed by atoms with Crippen molar-refractivity contribution in [3.63, 3.8) is 0 Å². The van der Waals surface area contributed by atoms with Gasteiger partial charge in [-0.15, -0.1) is 0 Å². The lowest BCUT2D eigenvalue weighted by atomic mass is 9.95. The minimum Gasteiger partial charge on any atom is -0.388 e. The van der Waals surface area contributed by atoms with Gasteiger partial charge < -0.3 is 30.3 Å². The van der Waals surface area contributed by atoms with E-state index in [1.165, 1.54) is 13.5 Å². The quantitative estimate of drug-likeness (QED) is 0.288. The first-order chi connectivity index (χ1) is 14.8. The number of aliphatic hydroxyl groups is 2. The highest BCUT2D eigenvalue weighted by molar-refractivity contribution is 5.82. The topological polar surface area (TPSA) is 117 Å². The van der Waals surface area contributed by atoms with Crippen LogP contribution >= 0.6 is 0 Å². The maximum Gasteiger partial charge on any atom is 0.252 e. The fourth-order valence-corrected chi connectivity index (χ4v) is 3.75.